The first-order valence-electron chi connectivity index (χ1n) is 4.97. The zero-order valence-corrected chi connectivity index (χ0v) is 8.71. The third-order valence-corrected chi connectivity index (χ3v) is 2.32. The fraction of sp³-hybridized carbons (Fsp3) is 0.0833. The number of oxazole rings is 1. The monoisotopic (exact) mass is 211 g/mol. The van der Waals surface area contributed by atoms with Gasteiger partial charge in [0.15, 0.2) is 11.2 Å². The second-order valence-electron chi connectivity index (χ2n) is 3.53. The van der Waals surface area contributed by atoms with Crippen molar-refractivity contribution in [3.63, 3.8) is 0 Å². The fourth-order valence-electron chi connectivity index (χ4n) is 1.49. The highest BCUT2D eigenvalue weighted by Crippen LogP contribution is 2.21. The van der Waals surface area contributed by atoms with Crippen LogP contribution in [0.4, 0.5) is 0 Å². The van der Waals surface area contributed by atoms with Gasteiger partial charge in [-0.05, 0) is 31.2 Å². The molecule has 0 amide bonds. The second kappa shape index (κ2) is 3.41. The number of aryl methyl sites for hydroxylation is 1. The topological polar surface area (TPSA) is 51.8 Å². The first-order chi connectivity index (χ1) is 7.83. The van der Waals surface area contributed by atoms with Gasteiger partial charge in [-0.1, -0.05) is 0 Å². The van der Waals surface area contributed by atoms with Crippen molar-refractivity contribution in [1.82, 2.24) is 15.0 Å². The number of hydrogen-bond acceptors (Lipinski definition) is 4. The van der Waals surface area contributed by atoms with E-state index in [0.717, 1.165) is 11.3 Å². The van der Waals surface area contributed by atoms with Crippen LogP contribution in [-0.2, 0) is 0 Å². The smallest absolute Gasteiger partial charge is 0.230 e. The molecule has 0 saturated carbocycles. The molecule has 0 fully saturated rings. The molecule has 0 saturated heterocycles. The van der Waals surface area contributed by atoms with E-state index in [9.17, 15) is 0 Å². The maximum atomic E-state index is 5.58. The van der Waals surface area contributed by atoms with E-state index in [1.807, 2.05) is 31.2 Å². The van der Waals surface area contributed by atoms with Crippen molar-refractivity contribution in [1.29, 1.82) is 0 Å². The van der Waals surface area contributed by atoms with Crippen LogP contribution in [0.2, 0.25) is 0 Å². The molecule has 0 radical (unpaired) electrons. The minimum absolute atomic E-state index is 0.557. The highest BCUT2D eigenvalue weighted by atomic mass is 16.3. The summed E-state index contributed by atoms with van der Waals surface area (Å²) in [7, 11) is 0. The number of hydrogen-bond donors (Lipinski definition) is 0. The van der Waals surface area contributed by atoms with Gasteiger partial charge in [0.25, 0.3) is 0 Å². The van der Waals surface area contributed by atoms with Crippen LogP contribution in [0, 0.1) is 6.92 Å². The van der Waals surface area contributed by atoms with Gasteiger partial charge < -0.3 is 4.42 Å². The van der Waals surface area contributed by atoms with Gasteiger partial charge >= 0.3 is 0 Å². The SMILES string of the molecule is Cc1ccc(-c2nc3ncccc3o2)cn1. The molecule has 0 unspecified atom stereocenters. The van der Waals surface area contributed by atoms with Crippen molar-refractivity contribution in [2.24, 2.45) is 0 Å². The van der Waals surface area contributed by atoms with Crippen molar-refractivity contribution in [3.05, 3.63) is 42.4 Å². The van der Waals surface area contributed by atoms with E-state index in [4.69, 9.17) is 4.42 Å². The maximum absolute atomic E-state index is 5.58. The molecular weight excluding hydrogens is 202 g/mol. The number of aromatic nitrogens is 3. The van der Waals surface area contributed by atoms with E-state index in [0.29, 0.717) is 17.1 Å². The molecule has 3 aromatic heterocycles. The van der Waals surface area contributed by atoms with Crippen LogP contribution in [0.15, 0.2) is 41.1 Å². The number of pyridine rings is 2. The van der Waals surface area contributed by atoms with Crippen molar-refractivity contribution in [2.45, 2.75) is 6.92 Å². The Hall–Kier alpha value is -2.23. The van der Waals surface area contributed by atoms with Gasteiger partial charge in [-0.15, -0.1) is 0 Å². The molecule has 4 heteroatoms. The Bertz CT molecular complexity index is 595. The largest absolute Gasteiger partial charge is 0.434 e. The summed E-state index contributed by atoms with van der Waals surface area (Å²) in [5.74, 6) is 0.557. The lowest BCUT2D eigenvalue weighted by molar-refractivity contribution is 0.619. The summed E-state index contributed by atoms with van der Waals surface area (Å²) < 4.78 is 5.58. The zero-order valence-electron chi connectivity index (χ0n) is 8.71. The molecule has 16 heavy (non-hydrogen) atoms. The van der Waals surface area contributed by atoms with Crippen molar-refractivity contribution < 1.29 is 4.42 Å². The molecule has 0 spiro atoms. The van der Waals surface area contributed by atoms with Gasteiger partial charge in [-0.3, -0.25) is 4.98 Å². The van der Waals surface area contributed by atoms with Crippen LogP contribution in [-0.4, -0.2) is 15.0 Å². The minimum atomic E-state index is 0.557. The highest BCUT2D eigenvalue weighted by Gasteiger charge is 2.08. The zero-order chi connectivity index (χ0) is 11.0. The predicted molar refractivity (Wildman–Crippen MR) is 59.8 cm³/mol. The van der Waals surface area contributed by atoms with Crippen molar-refractivity contribution in [3.8, 4) is 11.5 Å². The van der Waals surface area contributed by atoms with Gasteiger partial charge in [0.2, 0.25) is 5.89 Å². The normalized spacial score (nSPS) is 10.8. The van der Waals surface area contributed by atoms with Gasteiger partial charge in [-0.2, -0.15) is 4.98 Å². The van der Waals surface area contributed by atoms with Gasteiger partial charge in [0, 0.05) is 18.1 Å². The Balaban J connectivity index is 2.15. The van der Waals surface area contributed by atoms with Gasteiger partial charge in [-0.25, -0.2) is 4.98 Å². The van der Waals surface area contributed by atoms with E-state index < -0.39 is 0 Å². The lowest BCUT2D eigenvalue weighted by Gasteiger charge is -1.94. The number of rotatable bonds is 1. The van der Waals surface area contributed by atoms with E-state index >= 15 is 0 Å². The lowest BCUT2D eigenvalue weighted by Crippen LogP contribution is -1.82. The van der Waals surface area contributed by atoms with E-state index in [1.54, 1.807) is 12.4 Å². The average molecular weight is 211 g/mol. The molecule has 3 heterocycles. The first kappa shape index (κ1) is 9.03. The van der Waals surface area contributed by atoms with Crippen LogP contribution in [0.3, 0.4) is 0 Å². The Morgan fingerprint density at radius 1 is 1.12 bits per heavy atom. The summed E-state index contributed by atoms with van der Waals surface area (Å²) in [6.07, 6.45) is 3.45. The standard InChI is InChI=1S/C12H9N3O/c1-8-4-5-9(7-14-8)12-15-11-10(16-12)3-2-6-13-11/h2-7H,1H3. The average Bonchev–Trinajstić information content (AvgIpc) is 2.73. The molecule has 4 nitrogen and oxygen atoms in total. The van der Waals surface area contributed by atoms with Crippen LogP contribution >= 0.6 is 0 Å². The Morgan fingerprint density at radius 3 is 2.81 bits per heavy atom. The predicted octanol–water partition coefficient (Wildman–Crippen LogP) is 2.59. The summed E-state index contributed by atoms with van der Waals surface area (Å²) in [6.45, 7) is 1.94. The quantitative estimate of drug-likeness (QED) is 0.620. The molecule has 0 N–H and O–H groups in total. The molecule has 78 valence electrons. The van der Waals surface area contributed by atoms with E-state index in [1.165, 1.54) is 0 Å². The first-order valence-corrected chi connectivity index (χ1v) is 4.97. The highest BCUT2D eigenvalue weighted by molar-refractivity contribution is 5.71. The Morgan fingerprint density at radius 2 is 2.06 bits per heavy atom. The molecule has 3 aromatic rings. The van der Waals surface area contributed by atoms with Gasteiger partial charge in [0.1, 0.15) is 0 Å². The number of fused-ring (bicyclic) bond motifs is 1. The third kappa shape index (κ3) is 1.44. The van der Waals surface area contributed by atoms with E-state index in [-0.39, 0.29) is 0 Å². The molecular formula is C12H9N3O. The minimum Gasteiger partial charge on any atom is -0.434 e. The summed E-state index contributed by atoms with van der Waals surface area (Å²) in [5, 5.41) is 0. The van der Waals surface area contributed by atoms with Crippen molar-refractivity contribution >= 4 is 11.2 Å². The van der Waals surface area contributed by atoms with Crippen LogP contribution in [0.25, 0.3) is 22.7 Å². The summed E-state index contributed by atoms with van der Waals surface area (Å²) in [6, 6.07) is 7.54. The molecule has 0 aliphatic heterocycles. The van der Waals surface area contributed by atoms with Crippen LogP contribution in [0.1, 0.15) is 5.69 Å². The van der Waals surface area contributed by atoms with Gasteiger partial charge in [0.05, 0.1) is 5.56 Å². The maximum Gasteiger partial charge on any atom is 0.230 e. The molecule has 3 rings (SSSR count). The number of nitrogens with zero attached hydrogens (tertiary/aromatic N) is 3. The van der Waals surface area contributed by atoms with Crippen LogP contribution < -0.4 is 0 Å². The summed E-state index contributed by atoms with van der Waals surface area (Å²) in [4.78, 5) is 12.6. The Labute approximate surface area is 92.0 Å². The second-order valence-corrected chi connectivity index (χ2v) is 3.53. The molecule has 0 bridgehead atoms. The lowest BCUT2D eigenvalue weighted by atomic mass is 10.2. The van der Waals surface area contributed by atoms with Crippen molar-refractivity contribution in [2.75, 3.05) is 0 Å². The van der Waals surface area contributed by atoms with E-state index in [2.05, 4.69) is 15.0 Å². The Kier molecular flexibility index (Phi) is 1.93. The molecule has 0 aliphatic rings. The molecule has 0 aromatic carbocycles. The third-order valence-electron chi connectivity index (χ3n) is 2.32. The van der Waals surface area contributed by atoms with Crippen LogP contribution in [0.5, 0.6) is 0 Å². The molecule has 0 atom stereocenters. The summed E-state index contributed by atoms with van der Waals surface area (Å²) in [5.41, 5.74) is 3.15. The fourth-order valence-corrected chi connectivity index (χ4v) is 1.49. The summed E-state index contributed by atoms with van der Waals surface area (Å²) >= 11 is 0. The molecule has 0 aliphatic carbocycles.